The lowest BCUT2D eigenvalue weighted by Gasteiger charge is -2.34. The highest BCUT2D eigenvalue weighted by Gasteiger charge is 2.31. The molecular formula is C20H30N2O5S. The molecule has 2 rings (SSSR count). The smallest absolute Gasteiger partial charge is 0.338 e. The molecule has 0 bridgehead atoms. The molecular weight excluding hydrogens is 380 g/mol. The highest BCUT2D eigenvalue weighted by atomic mass is 32.2. The summed E-state index contributed by atoms with van der Waals surface area (Å²) in [5, 5.41) is 2.71. The molecule has 1 aliphatic heterocycles. The number of piperidine rings is 1. The molecule has 8 heteroatoms. The summed E-state index contributed by atoms with van der Waals surface area (Å²) in [5.41, 5.74) is 0.204. The van der Waals surface area contributed by atoms with Gasteiger partial charge >= 0.3 is 5.97 Å². The first-order chi connectivity index (χ1) is 13.1. The van der Waals surface area contributed by atoms with Gasteiger partial charge in [0.1, 0.15) is 0 Å². The lowest BCUT2D eigenvalue weighted by Crippen LogP contribution is -2.42. The monoisotopic (exact) mass is 410 g/mol. The number of carbonyl (C=O) groups is 2. The second kappa shape index (κ2) is 9.52. The van der Waals surface area contributed by atoms with Crippen molar-refractivity contribution in [2.24, 2.45) is 11.8 Å². The van der Waals surface area contributed by atoms with Crippen molar-refractivity contribution in [2.45, 2.75) is 51.5 Å². The second-order valence-electron chi connectivity index (χ2n) is 7.75. The van der Waals surface area contributed by atoms with Gasteiger partial charge in [0.2, 0.25) is 10.0 Å². The van der Waals surface area contributed by atoms with Crippen molar-refractivity contribution in [1.82, 2.24) is 9.62 Å². The number of rotatable bonds is 7. The normalized spacial score (nSPS) is 21.7. The number of nitrogens with zero attached hydrogens (tertiary/aromatic N) is 1. The Hall–Kier alpha value is -1.93. The third kappa shape index (κ3) is 5.78. The van der Waals surface area contributed by atoms with Crippen molar-refractivity contribution in [3.05, 3.63) is 29.8 Å². The summed E-state index contributed by atoms with van der Waals surface area (Å²) in [6.07, 6.45) is 1.80. The molecule has 0 aliphatic carbocycles. The minimum atomic E-state index is -3.60. The summed E-state index contributed by atoms with van der Waals surface area (Å²) in [4.78, 5) is 23.9. The lowest BCUT2D eigenvalue weighted by atomic mass is 9.94. The van der Waals surface area contributed by atoms with Gasteiger partial charge < -0.3 is 10.1 Å². The maximum Gasteiger partial charge on any atom is 0.338 e. The summed E-state index contributed by atoms with van der Waals surface area (Å²) in [6.45, 7) is 8.54. The third-order valence-corrected chi connectivity index (χ3v) is 6.76. The van der Waals surface area contributed by atoms with Crippen LogP contribution in [-0.2, 0) is 19.6 Å². The molecule has 0 unspecified atom stereocenters. The Kier molecular flexibility index (Phi) is 7.60. The van der Waals surface area contributed by atoms with Crippen molar-refractivity contribution in [3.63, 3.8) is 0 Å². The first-order valence-electron chi connectivity index (χ1n) is 9.70. The van der Waals surface area contributed by atoms with E-state index in [0.29, 0.717) is 24.9 Å². The van der Waals surface area contributed by atoms with E-state index >= 15 is 0 Å². The van der Waals surface area contributed by atoms with Crippen molar-refractivity contribution in [3.8, 4) is 0 Å². The Bertz CT molecular complexity index is 781. The predicted molar refractivity (Wildman–Crippen MR) is 106 cm³/mol. The minimum Gasteiger partial charge on any atom is -0.452 e. The van der Waals surface area contributed by atoms with Crippen LogP contribution in [0, 0.1) is 11.8 Å². The van der Waals surface area contributed by atoms with Gasteiger partial charge in [0, 0.05) is 19.1 Å². The molecule has 156 valence electrons. The van der Waals surface area contributed by atoms with Gasteiger partial charge in [0.15, 0.2) is 6.61 Å². The standard InChI is InChI=1S/C20H30N2O5S/c1-5-16(4)21-19(23)13-27-20(24)17-6-8-18(9-7-17)28(25,26)22-11-14(2)10-15(3)12-22/h6-9,14-16H,5,10-13H2,1-4H3,(H,21,23)/t14-,15-,16-/m0/s1. The SMILES string of the molecule is CC[C@H](C)NC(=O)COC(=O)c1ccc(S(=O)(=O)N2C[C@@H](C)C[C@H](C)C2)cc1. The summed E-state index contributed by atoms with van der Waals surface area (Å²) < 4.78 is 32.2. The molecule has 28 heavy (non-hydrogen) atoms. The molecule has 1 aromatic carbocycles. The number of hydrogen-bond donors (Lipinski definition) is 1. The zero-order valence-corrected chi connectivity index (χ0v) is 17.8. The molecule has 1 fully saturated rings. The van der Waals surface area contributed by atoms with Crippen LogP contribution in [0.2, 0.25) is 0 Å². The van der Waals surface area contributed by atoms with Gasteiger partial charge in [0.25, 0.3) is 5.91 Å². The fraction of sp³-hybridized carbons (Fsp3) is 0.600. The average Bonchev–Trinajstić information content (AvgIpc) is 2.65. The van der Waals surface area contributed by atoms with Crippen LogP contribution in [0.25, 0.3) is 0 Å². The Balaban J connectivity index is 2.00. The van der Waals surface area contributed by atoms with Crippen LogP contribution in [-0.4, -0.2) is 50.3 Å². The Morgan fingerprint density at radius 2 is 1.75 bits per heavy atom. The molecule has 0 radical (unpaired) electrons. The number of carbonyl (C=O) groups excluding carboxylic acids is 2. The van der Waals surface area contributed by atoms with Crippen LogP contribution < -0.4 is 5.32 Å². The van der Waals surface area contributed by atoms with Gasteiger partial charge in [-0.15, -0.1) is 0 Å². The second-order valence-corrected chi connectivity index (χ2v) is 9.68. The van der Waals surface area contributed by atoms with Crippen LogP contribution in [0.15, 0.2) is 29.2 Å². The van der Waals surface area contributed by atoms with E-state index in [1.54, 1.807) is 0 Å². The average molecular weight is 411 g/mol. The summed E-state index contributed by atoms with van der Waals surface area (Å²) >= 11 is 0. The number of amides is 1. The highest BCUT2D eigenvalue weighted by Crippen LogP contribution is 2.26. The summed E-state index contributed by atoms with van der Waals surface area (Å²) in [7, 11) is -3.60. The van der Waals surface area contributed by atoms with Crippen LogP contribution in [0.1, 0.15) is 50.9 Å². The quantitative estimate of drug-likeness (QED) is 0.697. The lowest BCUT2D eigenvalue weighted by molar-refractivity contribution is -0.124. The molecule has 3 atom stereocenters. The molecule has 1 aromatic rings. The minimum absolute atomic E-state index is 0.0101. The van der Waals surface area contributed by atoms with Gasteiger partial charge in [-0.05, 0) is 55.9 Å². The van der Waals surface area contributed by atoms with Gasteiger partial charge in [-0.3, -0.25) is 4.79 Å². The number of esters is 1. The van der Waals surface area contributed by atoms with E-state index in [2.05, 4.69) is 19.2 Å². The molecule has 0 saturated carbocycles. The number of ether oxygens (including phenoxy) is 1. The molecule has 1 amide bonds. The Morgan fingerprint density at radius 3 is 2.29 bits per heavy atom. The summed E-state index contributed by atoms with van der Waals surface area (Å²) in [6, 6.07) is 5.66. The van der Waals surface area contributed by atoms with Crippen molar-refractivity contribution in [2.75, 3.05) is 19.7 Å². The molecule has 1 heterocycles. The Morgan fingerprint density at radius 1 is 1.18 bits per heavy atom. The molecule has 1 saturated heterocycles. The summed E-state index contributed by atoms with van der Waals surface area (Å²) in [5.74, 6) is -0.401. The predicted octanol–water partition coefficient (Wildman–Crippen LogP) is 2.42. The Labute approximate surface area is 167 Å². The van der Waals surface area contributed by atoms with E-state index in [4.69, 9.17) is 4.74 Å². The number of sulfonamides is 1. The van der Waals surface area contributed by atoms with E-state index in [9.17, 15) is 18.0 Å². The van der Waals surface area contributed by atoms with Crippen LogP contribution >= 0.6 is 0 Å². The zero-order valence-electron chi connectivity index (χ0n) is 17.0. The van der Waals surface area contributed by atoms with E-state index < -0.39 is 16.0 Å². The van der Waals surface area contributed by atoms with Crippen LogP contribution in [0.4, 0.5) is 0 Å². The molecule has 1 aliphatic rings. The number of nitrogens with one attached hydrogen (secondary N) is 1. The molecule has 1 N–H and O–H groups in total. The maximum absolute atomic E-state index is 12.9. The fourth-order valence-electron chi connectivity index (χ4n) is 3.35. The molecule has 0 spiro atoms. The first kappa shape index (κ1) is 22.4. The number of hydrogen-bond acceptors (Lipinski definition) is 5. The van der Waals surface area contributed by atoms with Gasteiger partial charge in [-0.2, -0.15) is 4.31 Å². The van der Waals surface area contributed by atoms with Crippen LogP contribution in [0.3, 0.4) is 0 Å². The molecule has 7 nitrogen and oxygen atoms in total. The van der Waals surface area contributed by atoms with Crippen molar-refractivity contribution < 1.29 is 22.7 Å². The molecule has 0 aromatic heterocycles. The first-order valence-corrected chi connectivity index (χ1v) is 11.1. The number of benzene rings is 1. The van der Waals surface area contributed by atoms with Crippen molar-refractivity contribution >= 4 is 21.9 Å². The fourth-order valence-corrected chi connectivity index (χ4v) is 5.03. The van der Waals surface area contributed by atoms with E-state index in [1.165, 1.54) is 28.6 Å². The van der Waals surface area contributed by atoms with E-state index in [0.717, 1.165) is 12.8 Å². The van der Waals surface area contributed by atoms with Gasteiger partial charge in [-0.1, -0.05) is 20.8 Å². The van der Waals surface area contributed by atoms with Gasteiger partial charge in [0.05, 0.1) is 10.5 Å². The van der Waals surface area contributed by atoms with Crippen molar-refractivity contribution in [1.29, 1.82) is 0 Å². The van der Waals surface area contributed by atoms with Crippen LogP contribution in [0.5, 0.6) is 0 Å². The van der Waals surface area contributed by atoms with Gasteiger partial charge in [-0.25, -0.2) is 13.2 Å². The zero-order chi connectivity index (χ0) is 20.9. The van der Waals surface area contributed by atoms with E-state index in [1.807, 2.05) is 13.8 Å². The highest BCUT2D eigenvalue weighted by molar-refractivity contribution is 7.89. The maximum atomic E-state index is 12.9. The topological polar surface area (TPSA) is 92.8 Å². The van der Waals surface area contributed by atoms with E-state index in [-0.39, 0.29) is 29.0 Å². The largest absolute Gasteiger partial charge is 0.452 e. The third-order valence-electron chi connectivity index (χ3n) is 4.92.